The molecule has 5 atom stereocenters. The Labute approximate surface area is 157 Å². The molecule has 0 radical (unpaired) electrons. The maximum atomic E-state index is 11.6. The summed E-state index contributed by atoms with van der Waals surface area (Å²) in [5, 5.41) is 0. The molecular formula is C19H24O8. The second-order valence-corrected chi connectivity index (χ2v) is 6.23. The fourth-order valence-corrected chi connectivity index (χ4v) is 2.86. The van der Waals surface area contributed by atoms with E-state index in [2.05, 4.69) is 0 Å². The second kappa shape index (κ2) is 9.48. The smallest absolute Gasteiger partial charge is 0.303 e. The largest absolute Gasteiger partial charge is 0.456 e. The minimum absolute atomic E-state index is 0.195. The van der Waals surface area contributed by atoms with E-state index in [-0.39, 0.29) is 6.61 Å². The van der Waals surface area contributed by atoms with Gasteiger partial charge in [0.25, 0.3) is 0 Å². The summed E-state index contributed by atoms with van der Waals surface area (Å²) in [7, 11) is 0. The highest BCUT2D eigenvalue weighted by molar-refractivity contribution is 5.68. The van der Waals surface area contributed by atoms with Gasteiger partial charge in [-0.05, 0) is 12.5 Å². The highest BCUT2D eigenvalue weighted by Crippen LogP contribution is 2.29. The van der Waals surface area contributed by atoms with Crippen molar-refractivity contribution in [2.45, 2.75) is 65.0 Å². The first-order chi connectivity index (χ1) is 12.8. The number of hydrogen-bond acceptors (Lipinski definition) is 8. The number of ether oxygens (including phenoxy) is 5. The van der Waals surface area contributed by atoms with Crippen molar-refractivity contribution in [2.75, 3.05) is 0 Å². The van der Waals surface area contributed by atoms with E-state index >= 15 is 0 Å². The van der Waals surface area contributed by atoms with E-state index in [0.717, 1.165) is 5.56 Å². The van der Waals surface area contributed by atoms with E-state index in [0.29, 0.717) is 0 Å². The zero-order valence-corrected chi connectivity index (χ0v) is 15.7. The summed E-state index contributed by atoms with van der Waals surface area (Å²) in [5.74, 6) is -1.78. The van der Waals surface area contributed by atoms with E-state index < -0.39 is 48.6 Å². The lowest BCUT2D eigenvalue weighted by Gasteiger charge is -2.43. The molecule has 0 aliphatic carbocycles. The van der Waals surface area contributed by atoms with Crippen LogP contribution in [0.4, 0.5) is 0 Å². The minimum Gasteiger partial charge on any atom is -0.456 e. The van der Waals surface area contributed by atoms with Crippen LogP contribution in [0.25, 0.3) is 0 Å². The molecule has 1 aliphatic rings. The monoisotopic (exact) mass is 380 g/mol. The Kier molecular flexibility index (Phi) is 7.32. The van der Waals surface area contributed by atoms with Crippen LogP contribution in [-0.2, 0) is 44.7 Å². The molecule has 0 spiro atoms. The number of carbonyl (C=O) groups is 3. The molecule has 1 aliphatic heterocycles. The van der Waals surface area contributed by atoms with Crippen LogP contribution in [0.2, 0.25) is 0 Å². The van der Waals surface area contributed by atoms with Crippen LogP contribution in [0.5, 0.6) is 0 Å². The molecule has 0 aromatic heterocycles. The first-order valence-electron chi connectivity index (χ1n) is 8.60. The summed E-state index contributed by atoms with van der Waals surface area (Å²) in [6.07, 6.45) is -4.73. The van der Waals surface area contributed by atoms with Gasteiger partial charge in [0.15, 0.2) is 24.6 Å². The third-order valence-corrected chi connectivity index (χ3v) is 3.89. The SMILES string of the molecule is CC(=O)O[C@H]1[C@@H](OC(C)=O)[C@@H](C)O[C@@H](OCc2ccccc2)[C@@H]1OC(C)=O. The Morgan fingerprint density at radius 1 is 0.852 bits per heavy atom. The zero-order chi connectivity index (χ0) is 20.0. The lowest BCUT2D eigenvalue weighted by atomic mass is 9.99. The van der Waals surface area contributed by atoms with Crippen LogP contribution in [0.15, 0.2) is 30.3 Å². The van der Waals surface area contributed by atoms with Crippen LogP contribution in [0, 0.1) is 0 Å². The number of benzene rings is 1. The van der Waals surface area contributed by atoms with E-state index in [1.165, 1.54) is 20.8 Å². The molecular weight excluding hydrogens is 356 g/mol. The van der Waals surface area contributed by atoms with Crippen LogP contribution < -0.4 is 0 Å². The van der Waals surface area contributed by atoms with Gasteiger partial charge < -0.3 is 23.7 Å². The van der Waals surface area contributed by atoms with Gasteiger partial charge in [-0.1, -0.05) is 30.3 Å². The molecule has 0 bridgehead atoms. The van der Waals surface area contributed by atoms with Gasteiger partial charge in [0.05, 0.1) is 12.7 Å². The van der Waals surface area contributed by atoms with Crippen LogP contribution in [0.3, 0.4) is 0 Å². The van der Waals surface area contributed by atoms with Crippen LogP contribution in [-0.4, -0.2) is 48.6 Å². The summed E-state index contributed by atoms with van der Waals surface area (Å²) in [4.78, 5) is 34.6. The molecule has 1 heterocycles. The van der Waals surface area contributed by atoms with Crippen molar-refractivity contribution in [3.8, 4) is 0 Å². The quantitative estimate of drug-likeness (QED) is 0.544. The van der Waals surface area contributed by atoms with Crippen molar-refractivity contribution in [3.63, 3.8) is 0 Å². The average Bonchev–Trinajstić information content (AvgIpc) is 2.59. The Balaban J connectivity index is 2.24. The van der Waals surface area contributed by atoms with Crippen molar-refractivity contribution in [2.24, 2.45) is 0 Å². The predicted molar refractivity (Wildman–Crippen MR) is 92.2 cm³/mol. The Morgan fingerprint density at radius 3 is 1.93 bits per heavy atom. The maximum absolute atomic E-state index is 11.6. The minimum atomic E-state index is -1.09. The van der Waals surface area contributed by atoms with Gasteiger partial charge in [-0.3, -0.25) is 14.4 Å². The molecule has 2 rings (SSSR count). The number of rotatable bonds is 6. The van der Waals surface area contributed by atoms with Gasteiger partial charge >= 0.3 is 17.9 Å². The van der Waals surface area contributed by atoms with Crippen LogP contribution in [0.1, 0.15) is 33.3 Å². The van der Waals surface area contributed by atoms with Gasteiger partial charge in [0.1, 0.15) is 0 Å². The van der Waals surface area contributed by atoms with Crippen molar-refractivity contribution < 1.29 is 38.1 Å². The lowest BCUT2D eigenvalue weighted by molar-refractivity contribution is -0.303. The van der Waals surface area contributed by atoms with E-state index in [1.807, 2.05) is 30.3 Å². The number of esters is 3. The molecule has 0 N–H and O–H groups in total. The summed E-state index contributed by atoms with van der Waals surface area (Å²) in [6.45, 7) is 5.53. The van der Waals surface area contributed by atoms with Crippen molar-refractivity contribution in [1.29, 1.82) is 0 Å². The standard InChI is InChI=1S/C19H24O8/c1-11-16(25-12(2)20)17(26-13(3)21)18(27-14(4)22)19(24-11)23-10-15-8-6-5-7-9-15/h5-9,11,16-19H,10H2,1-4H3/t11-,16+,17+,18-,19-/m1/s1. The van der Waals surface area contributed by atoms with E-state index in [1.54, 1.807) is 6.92 Å². The van der Waals surface area contributed by atoms with E-state index in [4.69, 9.17) is 23.7 Å². The molecule has 0 saturated carbocycles. The number of carbonyl (C=O) groups excluding carboxylic acids is 3. The van der Waals surface area contributed by atoms with Gasteiger partial charge in [-0.15, -0.1) is 0 Å². The summed E-state index contributed by atoms with van der Waals surface area (Å²) < 4.78 is 27.4. The first kappa shape index (κ1) is 20.9. The number of hydrogen-bond donors (Lipinski definition) is 0. The summed E-state index contributed by atoms with van der Waals surface area (Å²) >= 11 is 0. The Morgan fingerprint density at radius 2 is 1.37 bits per heavy atom. The highest BCUT2D eigenvalue weighted by atomic mass is 16.7. The molecule has 27 heavy (non-hydrogen) atoms. The summed E-state index contributed by atoms with van der Waals surface area (Å²) in [5.41, 5.74) is 0.890. The fraction of sp³-hybridized carbons (Fsp3) is 0.526. The zero-order valence-electron chi connectivity index (χ0n) is 15.7. The summed E-state index contributed by atoms with van der Waals surface area (Å²) in [6, 6.07) is 9.36. The normalized spacial score (nSPS) is 27.5. The molecule has 1 fully saturated rings. The highest BCUT2D eigenvalue weighted by Gasteiger charge is 2.50. The molecule has 0 unspecified atom stereocenters. The Bertz CT molecular complexity index is 659. The topological polar surface area (TPSA) is 97.4 Å². The first-order valence-corrected chi connectivity index (χ1v) is 8.60. The molecule has 148 valence electrons. The van der Waals surface area contributed by atoms with Crippen LogP contribution >= 0.6 is 0 Å². The van der Waals surface area contributed by atoms with Gasteiger partial charge in [-0.2, -0.15) is 0 Å². The molecule has 8 heteroatoms. The lowest BCUT2D eigenvalue weighted by Crippen LogP contribution is -2.61. The van der Waals surface area contributed by atoms with Crippen molar-refractivity contribution in [1.82, 2.24) is 0 Å². The third-order valence-electron chi connectivity index (χ3n) is 3.89. The van der Waals surface area contributed by atoms with Gasteiger partial charge in [-0.25, -0.2) is 0 Å². The maximum Gasteiger partial charge on any atom is 0.303 e. The molecule has 1 aromatic carbocycles. The van der Waals surface area contributed by atoms with Crippen molar-refractivity contribution in [3.05, 3.63) is 35.9 Å². The molecule has 1 saturated heterocycles. The Hall–Kier alpha value is -2.45. The van der Waals surface area contributed by atoms with Gasteiger partial charge in [0, 0.05) is 20.8 Å². The van der Waals surface area contributed by atoms with Crippen molar-refractivity contribution >= 4 is 17.9 Å². The second-order valence-electron chi connectivity index (χ2n) is 6.23. The van der Waals surface area contributed by atoms with Gasteiger partial charge in [0.2, 0.25) is 0 Å². The fourth-order valence-electron chi connectivity index (χ4n) is 2.86. The third kappa shape index (κ3) is 6.04. The predicted octanol–water partition coefficient (Wildman–Crippen LogP) is 1.74. The average molecular weight is 380 g/mol. The molecule has 1 aromatic rings. The molecule has 8 nitrogen and oxygen atoms in total. The van der Waals surface area contributed by atoms with E-state index in [9.17, 15) is 14.4 Å². The molecule has 0 amide bonds.